The van der Waals surface area contributed by atoms with Crippen molar-refractivity contribution in [1.29, 1.82) is 0 Å². The van der Waals surface area contributed by atoms with Crippen LogP contribution in [0.5, 0.6) is 0 Å². The summed E-state index contributed by atoms with van der Waals surface area (Å²) in [4.78, 5) is 29.5. The number of ether oxygens (including phenoxy) is 1. The van der Waals surface area contributed by atoms with Gasteiger partial charge in [0.1, 0.15) is 5.82 Å². The van der Waals surface area contributed by atoms with E-state index in [2.05, 4.69) is 10.3 Å². The first-order valence-corrected chi connectivity index (χ1v) is 10.2. The molecule has 3 aromatic rings. The zero-order valence-corrected chi connectivity index (χ0v) is 16.6. The molecular formula is C20H17FN2O3S2. The summed E-state index contributed by atoms with van der Waals surface area (Å²) < 4.78 is 18.0. The summed E-state index contributed by atoms with van der Waals surface area (Å²) in [6.45, 7) is 1.52. The maximum atomic E-state index is 12.9. The molecule has 0 spiro atoms. The SMILES string of the molecule is Cc1nc(CSc2ccccc2C(=O)OCC(=O)Nc2ccc(F)cc2)cs1. The van der Waals surface area contributed by atoms with Gasteiger partial charge in [0, 0.05) is 21.7 Å². The van der Waals surface area contributed by atoms with Crippen LogP contribution in [0.3, 0.4) is 0 Å². The van der Waals surface area contributed by atoms with Gasteiger partial charge in [-0.1, -0.05) is 12.1 Å². The topological polar surface area (TPSA) is 68.3 Å². The van der Waals surface area contributed by atoms with Crippen LogP contribution in [0.15, 0.2) is 58.8 Å². The second-order valence-corrected chi connectivity index (χ2v) is 7.85. The molecule has 0 fully saturated rings. The van der Waals surface area contributed by atoms with Gasteiger partial charge in [-0.25, -0.2) is 14.2 Å². The molecule has 1 amide bonds. The molecule has 28 heavy (non-hydrogen) atoms. The number of carbonyl (C=O) groups excluding carboxylic acids is 2. The molecule has 1 heterocycles. The van der Waals surface area contributed by atoms with Crippen LogP contribution >= 0.6 is 23.1 Å². The third-order valence-corrected chi connectivity index (χ3v) is 5.54. The van der Waals surface area contributed by atoms with E-state index in [1.165, 1.54) is 36.0 Å². The Hall–Kier alpha value is -2.71. The number of carbonyl (C=O) groups is 2. The van der Waals surface area contributed by atoms with Crippen LogP contribution in [0, 0.1) is 12.7 Å². The summed E-state index contributed by atoms with van der Waals surface area (Å²) in [5.41, 5.74) is 1.78. The third kappa shape index (κ3) is 5.64. The van der Waals surface area contributed by atoms with E-state index < -0.39 is 24.3 Å². The number of esters is 1. The Bertz CT molecular complexity index is 974. The molecule has 1 aromatic heterocycles. The second kappa shape index (κ2) is 9.48. The number of rotatable bonds is 7. The highest BCUT2D eigenvalue weighted by Gasteiger charge is 2.15. The number of benzene rings is 2. The van der Waals surface area contributed by atoms with Crippen molar-refractivity contribution in [2.75, 3.05) is 11.9 Å². The number of nitrogens with one attached hydrogen (secondary N) is 1. The molecule has 0 saturated heterocycles. The molecule has 0 bridgehead atoms. The lowest BCUT2D eigenvalue weighted by atomic mass is 10.2. The zero-order valence-electron chi connectivity index (χ0n) is 15.0. The number of aryl methyl sites for hydroxylation is 1. The van der Waals surface area contributed by atoms with Crippen LogP contribution in [0.2, 0.25) is 0 Å². The van der Waals surface area contributed by atoms with E-state index in [1.54, 1.807) is 23.5 Å². The maximum Gasteiger partial charge on any atom is 0.339 e. The Labute approximate surface area is 170 Å². The first-order valence-electron chi connectivity index (χ1n) is 8.36. The number of aromatic nitrogens is 1. The number of thioether (sulfide) groups is 1. The molecule has 0 saturated carbocycles. The highest BCUT2D eigenvalue weighted by Crippen LogP contribution is 2.27. The number of hydrogen-bond acceptors (Lipinski definition) is 6. The highest BCUT2D eigenvalue weighted by molar-refractivity contribution is 7.98. The molecule has 144 valence electrons. The normalized spacial score (nSPS) is 10.5. The van der Waals surface area contributed by atoms with Crippen molar-refractivity contribution in [3.8, 4) is 0 Å². The maximum absolute atomic E-state index is 12.9. The lowest BCUT2D eigenvalue weighted by Crippen LogP contribution is -2.21. The van der Waals surface area contributed by atoms with Gasteiger partial charge >= 0.3 is 5.97 Å². The predicted molar refractivity (Wildman–Crippen MR) is 108 cm³/mol. The zero-order chi connectivity index (χ0) is 19.9. The van der Waals surface area contributed by atoms with Gasteiger partial charge < -0.3 is 10.1 Å². The van der Waals surface area contributed by atoms with Crippen LogP contribution in [0.4, 0.5) is 10.1 Å². The monoisotopic (exact) mass is 416 g/mol. The van der Waals surface area contributed by atoms with Crippen LogP contribution in [-0.2, 0) is 15.3 Å². The molecule has 0 unspecified atom stereocenters. The van der Waals surface area contributed by atoms with Gasteiger partial charge in [0.2, 0.25) is 0 Å². The minimum Gasteiger partial charge on any atom is -0.452 e. The Morgan fingerprint density at radius 1 is 1.18 bits per heavy atom. The average molecular weight is 416 g/mol. The largest absolute Gasteiger partial charge is 0.452 e. The van der Waals surface area contributed by atoms with Crippen molar-refractivity contribution in [2.45, 2.75) is 17.6 Å². The van der Waals surface area contributed by atoms with E-state index in [-0.39, 0.29) is 0 Å². The smallest absolute Gasteiger partial charge is 0.339 e. The van der Waals surface area contributed by atoms with Crippen LogP contribution in [-0.4, -0.2) is 23.5 Å². The molecule has 5 nitrogen and oxygen atoms in total. The molecule has 2 aromatic carbocycles. The Kier molecular flexibility index (Phi) is 6.78. The van der Waals surface area contributed by atoms with Gasteiger partial charge in [0.25, 0.3) is 5.91 Å². The summed E-state index contributed by atoms with van der Waals surface area (Å²) in [5.74, 6) is -0.833. The predicted octanol–water partition coefficient (Wildman–Crippen LogP) is 4.68. The number of amides is 1. The van der Waals surface area contributed by atoms with Crippen molar-refractivity contribution in [3.63, 3.8) is 0 Å². The van der Waals surface area contributed by atoms with Gasteiger partial charge in [-0.15, -0.1) is 23.1 Å². The lowest BCUT2D eigenvalue weighted by Gasteiger charge is -2.09. The van der Waals surface area contributed by atoms with Crippen LogP contribution in [0.25, 0.3) is 0 Å². The van der Waals surface area contributed by atoms with Gasteiger partial charge in [-0.3, -0.25) is 4.79 Å². The number of thiazole rings is 1. The molecule has 3 rings (SSSR count). The second-order valence-electron chi connectivity index (χ2n) is 5.77. The van der Waals surface area contributed by atoms with Crippen molar-refractivity contribution in [1.82, 2.24) is 4.98 Å². The van der Waals surface area contributed by atoms with E-state index in [9.17, 15) is 14.0 Å². The van der Waals surface area contributed by atoms with Crippen molar-refractivity contribution in [2.24, 2.45) is 0 Å². The van der Waals surface area contributed by atoms with E-state index in [4.69, 9.17) is 4.74 Å². The van der Waals surface area contributed by atoms with E-state index >= 15 is 0 Å². The lowest BCUT2D eigenvalue weighted by molar-refractivity contribution is -0.119. The fraction of sp³-hybridized carbons (Fsp3) is 0.150. The first kappa shape index (κ1) is 20.0. The van der Waals surface area contributed by atoms with E-state index in [0.717, 1.165) is 15.6 Å². The number of halogens is 1. The van der Waals surface area contributed by atoms with Crippen molar-refractivity contribution in [3.05, 3.63) is 76.0 Å². The summed E-state index contributed by atoms with van der Waals surface area (Å²) in [7, 11) is 0. The molecule has 0 aliphatic rings. The summed E-state index contributed by atoms with van der Waals surface area (Å²) in [6.07, 6.45) is 0. The number of anilines is 1. The Morgan fingerprint density at radius 3 is 2.64 bits per heavy atom. The summed E-state index contributed by atoms with van der Waals surface area (Å²) >= 11 is 3.07. The van der Waals surface area contributed by atoms with Crippen molar-refractivity contribution >= 4 is 40.7 Å². The summed E-state index contributed by atoms with van der Waals surface area (Å²) in [6, 6.07) is 12.4. The Balaban J connectivity index is 1.56. The third-order valence-electron chi connectivity index (χ3n) is 3.61. The van der Waals surface area contributed by atoms with Gasteiger partial charge in [-0.05, 0) is 43.3 Å². The van der Waals surface area contributed by atoms with Gasteiger partial charge in [0.05, 0.1) is 16.3 Å². The van der Waals surface area contributed by atoms with Gasteiger partial charge in [-0.2, -0.15) is 0 Å². The fourth-order valence-corrected chi connectivity index (χ4v) is 3.98. The molecular weight excluding hydrogens is 399 g/mol. The van der Waals surface area contributed by atoms with Crippen molar-refractivity contribution < 1.29 is 18.7 Å². The average Bonchev–Trinajstić information content (AvgIpc) is 3.12. The quantitative estimate of drug-likeness (QED) is 0.447. The minimum atomic E-state index is -0.577. The number of nitrogens with zero attached hydrogens (tertiary/aromatic N) is 1. The van der Waals surface area contributed by atoms with E-state index in [1.807, 2.05) is 24.4 Å². The summed E-state index contributed by atoms with van der Waals surface area (Å²) in [5, 5.41) is 5.53. The van der Waals surface area contributed by atoms with Crippen LogP contribution < -0.4 is 5.32 Å². The van der Waals surface area contributed by atoms with Crippen LogP contribution in [0.1, 0.15) is 21.1 Å². The molecule has 0 radical (unpaired) electrons. The first-order chi connectivity index (χ1) is 13.5. The molecule has 0 aliphatic carbocycles. The molecule has 8 heteroatoms. The number of hydrogen-bond donors (Lipinski definition) is 1. The molecule has 0 aliphatic heterocycles. The fourth-order valence-electron chi connectivity index (χ4n) is 2.33. The van der Waals surface area contributed by atoms with E-state index in [0.29, 0.717) is 17.0 Å². The minimum absolute atomic E-state index is 0.397. The highest BCUT2D eigenvalue weighted by atomic mass is 32.2. The molecule has 1 N–H and O–H groups in total. The standard InChI is InChI=1S/C20H17FN2O3S2/c1-13-22-16(11-27-13)12-28-18-5-3-2-4-17(18)20(25)26-10-19(24)23-15-8-6-14(21)7-9-15/h2-9,11H,10,12H2,1H3,(H,23,24). The molecule has 0 atom stereocenters. The Morgan fingerprint density at radius 2 is 1.93 bits per heavy atom. The van der Waals surface area contributed by atoms with Gasteiger partial charge in [0.15, 0.2) is 6.61 Å².